The molecule has 0 saturated carbocycles. The van der Waals surface area contributed by atoms with E-state index in [1.165, 1.54) is 0 Å². The van der Waals surface area contributed by atoms with Crippen molar-refractivity contribution in [3.63, 3.8) is 0 Å². The van der Waals surface area contributed by atoms with Crippen molar-refractivity contribution < 1.29 is 70.2 Å². The molecule has 8 heavy (non-hydrogen) atoms. The number of hydrogen-bond acceptors (Lipinski definition) is 1. The largest absolute Gasteiger partial charge is 0.545 e. The predicted octanol–water partition coefficient (Wildman–Crippen LogP) is -0.0263. The van der Waals surface area contributed by atoms with Crippen LogP contribution in [0.1, 0.15) is 0 Å². The standard InChI is InChI=1S/C4H2.CHO.2Y/c1-3-4-2;1-2;;/h1-2H;1H;;/q;-1;;. The second-order valence-corrected chi connectivity index (χ2v) is 0.289. The molecule has 0 N–H and O–H groups in total. The Morgan fingerprint density at radius 1 is 1.00 bits per heavy atom. The van der Waals surface area contributed by atoms with Crippen molar-refractivity contribution in [3.8, 4) is 24.7 Å². The van der Waals surface area contributed by atoms with Crippen molar-refractivity contribution in [2.45, 2.75) is 0 Å². The average molecular weight is 257 g/mol. The normalized spacial score (nSPS) is 1.75. The summed E-state index contributed by atoms with van der Waals surface area (Å²) in [4.78, 5) is 7.75. The molecule has 0 fully saturated rings. The summed E-state index contributed by atoms with van der Waals surface area (Å²) in [5.74, 6) is 3.92. The average Bonchev–Trinajstić information content (AvgIpc) is 1.72. The van der Waals surface area contributed by atoms with Crippen LogP contribution in [0.2, 0.25) is 0 Å². The van der Waals surface area contributed by atoms with E-state index in [0.717, 1.165) is 0 Å². The van der Waals surface area contributed by atoms with Crippen LogP contribution < -0.4 is 0 Å². The molecule has 0 aliphatic rings. The number of rotatable bonds is 0. The van der Waals surface area contributed by atoms with Gasteiger partial charge in [0.25, 0.3) is 0 Å². The van der Waals surface area contributed by atoms with E-state index >= 15 is 0 Å². The maximum atomic E-state index is 7.75. The van der Waals surface area contributed by atoms with Gasteiger partial charge in [0, 0.05) is 65.4 Å². The Morgan fingerprint density at radius 2 is 1.12 bits per heavy atom. The minimum absolute atomic E-state index is 0. The Kier molecular flexibility index (Phi) is 126. The number of terminal acetylenes is 2. The molecule has 0 bridgehead atoms. The second kappa shape index (κ2) is 43.6. The zero-order chi connectivity index (χ0) is 5.41. The molecule has 0 heterocycles. The summed E-state index contributed by atoms with van der Waals surface area (Å²) in [6.07, 6.45) is 9.08. The SMILES string of the molecule is C#CC#C.[CH-]=O.[Y].[Y]. The van der Waals surface area contributed by atoms with Gasteiger partial charge in [-0.15, -0.1) is 12.8 Å². The van der Waals surface area contributed by atoms with Crippen LogP contribution in [0.15, 0.2) is 0 Å². The minimum Gasteiger partial charge on any atom is -0.545 e. The molecule has 0 aromatic heterocycles. The number of hydrogen-bond donors (Lipinski definition) is 0. The van der Waals surface area contributed by atoms with Crippen LogP contribution in [0.4, 0.5) is 0 Å². The Balaban J connectivity index is -0.0000000183. The van der Waals surface area contributed by atoms with Crippen LogP contribution in [0, 0.1) is 24.7 Å². The van der Waals surface area contributed by atoms with Crippen LogP contribution in [0.3, 0.4) is 0 Å². The molecule has 0 amide bonds. The summed E-state index contributed by atoms with van der Waals surface area (Å²) in [6.45, 7) is 3.25. The molecule has 0 aliphatic heterocycles. The van der Waals surface area contributed by atoms with Crippen molar-refractivity contribution in [2.24, 2.45) is 0 Å². The molecular weight excluding hydrogens is 254 g/mol. The third kappa shape index (κ3) is 63.1. The van der Waals surface area contributed by atoms with E-state index in [2.05, 4.69) is 19.6 Å². The van der Waals surface area contributed by atoms with E-state index in [1.807, 2.05) is 11.8 Å². The molecule has 0 rings (SSSR count). The van der Waals surface area contributed by atoms with E-state index in [4.69, 9.17) is 4.79 Å². The molecule has 0 aliphatic carbocycles. The van der Waals surface area contributed by atoms with Gasteiger partial charge in [-0.3, -0.25) is 6.79 Å². The molecule has 0 unspecified atom stereocenters. The summed E-state index contributed by atoms with van der Waals surface area (Å²) in [5.41, 5.74) is 0. The summed E-state index contributed by atoms with van der Waals surface area (Å²) in [7, 11) is 0. The molecule has 0 saturated heterocycles. The fourth-order valence-corrected chi connectivity index (χ4v) is 0. The maximum absolute atomic E-state index is 7.75. The van der Waals surface area contributed by atoms with Crippen LogP contribution in [-0.2, 0) is 70.2 Å². The quantitative estimate of drug-likeness (QED) is 0.338. The van der Waals surface area contributed by atoms with Crippen LogP contribution in [0.25, 0.3) is 0 Å². The Labute approximate surface area is 100 Å². The van der Waals surface area contributed by atoms with Crippen molar-refractivity contribution in [1.82, 2.24) is 0 Å². The van der Waals surface area contributed by atoms with Crippen LogP contribution >= 0.6 is 0 Å². The first kappa shape index (κ1) is 23.0. The zero-order valence-electron chi connectivity index (χ0n) is 4.29. The van der Waals surface area contributed by atoms with Gasteiger partial charge < -0.3 is 4.79 Å². The molecule has 0 aromatic carbocycles. The monoisotopic (exact) mass is 257 g/mol. The Morgan fingerprint density at radius 3 is 1.12 bits per heavy atom. The fourth-order valence-electron chi connectivity index (χ4n) is 0. The molecule has 1 nitrogen and oxygen atoms in total. The van der Waals surface area contributed by atoms with E-state index < -0.39 is 0 Å². The second-order valence-electron chi connectivity index (χ2n) is 0.289. The molecular formula is C5H3OY2-. The summed E-state index contributed by atoms with van der Waals surface area (Å²) in [6, 6.07) is 0. The van der Waals surface area contributed by atoms with Crippen molar-refractivity contribution >= 4 is 6.79 Å². The van der Waals surface area contributed by atoms with Gasteiger partial charge in [0.2, 0.25) is 0 Å². The van der Waals surface area contributed by atoms with Crippen molar-refractivity contribution in [2.75, 3.05) is 0 Å². The molecule has 3 heteroatoms. The van der Waals surface area contributed by atoms with Gasteiger partial charge in [-0.05, 0) is 11.8 Å². The van der Waals surface area contributed by atoms with E-state index in [0.29, 0.717) is 0 Å². The first-order valence-corrected chi connectivity index (χ1v) is 1.06. The van der Waals surface area contributed by atoms with Gasteiger partial charge in [0.15, 0.2) is 0 Å². The van der Waals surface area contributed by atoms with E-state index in [1.54, 1.807) is 0 Å². The van der Waals surface area contributed by atoms with Crippen molar-refractivity contribution in [3.05, 3.63) is 0 Å². The van der Waals surface area contributed by atoms with E-state index in [-0.39, 0.29) is 65.4 Å². The summed E-state index contributed by atoms with van der Waals surface area (Å²) in [5, 5.41) is 0. The number of carbonyl (C=O) groups excluding carboxylic acids is 1. The Hall–Kier alpha value is 0.998. The first-order chi connectivity index (χ1) is 2.91. The molecule has 2 radical (unpaired) electrons. The minimum atomic E-state index is 0. The Bertz CT molecular complexity index is 75.6. The van der Waals surface area contributed by atoms with Gasteiger partial charge in [0.1, 0.15) is 0 Å². The van der Waals surface area contributed by atoms with Crippen LogP contribution in [0.5, 0.6) is 0 Å². The third-order valence-corrected chi connectivity index (χ3v) is 0.0833. The van der Waals surface area contributed by atoms with E-state index in [9.17, 15) is 0 Å². The fraction of sp³-hybridized carbons (Fsp3) is 0. The summed E-state index contributed by atoms with van der Waals surface area (Å²) < 4.78 is 0. The first-order valence-electron chi connectivity index (χ1n) is 1.06. The third-order valence-electron chi connectivity index (χ3n) is 0.0833. The van der Waals surface area contributed by atoms with Gasteiger partial charge in [-0.25, -0.2) is 0 Å². The molecule has 0 atom stereocenters. The molecule has 36 valence electrons. The maximum Gasteiger partial charge on any atom is 0 e. The predicted molar refractivity (Wildman–Crippen MR) is 24.4 cm³/mol. The van der Waals surface area contributed by atoms with Gasteiger partial charge in [0.05, 0.1) is 0 Å². The topological polar surface area (TPSA) is 17.1 Å². The zero-order valence-corrected chi connectivity index (χ0v) is 9.97. The molecule has 0 spiro atoms. The van der Waals surface area contributed by atoms with Gasteiger partial charge in [-0.1, -0.05) is 0 Å². The molecule has 0 aromatic rings. The smallest absolute Gasteiger partial charge is 0 e. The van der Waals surface area contributed by atoms with Gasteiger partial charge >= 0.3 is 0 Å². The van der Waals surface area contributed by atoms with Gasteiger partial charge in [-0.2, -0.15) is 0 Å². The van der Waals surface area contributed by atoms with Crippen LogP contribution in [-0.4, -0.2) is 6.79 Å². The summed E-state index contributed by atoms with van der Waals surface area (Å²) >= 11 is 0. The van der Waals surface area contributed by atoms with Crippen molar-refractivity contribution in [1.29, 1.82) is 0 Å².